The van der Waals surface area contributed by atoms with Crippen molar-refractivity contribution >= 4 is 52.2 Å². The summed E-state index contributed by atoms with van der Waals surface area (Å²) in [6.07, 6.45) is 2.43. The molecule has 0 radical (unpaired) electrons. The number of aromatic nitrogens is 2. The van der Waals surface area contributed by atoms with Gasteiger partial charge in [-0.1, -0.05) is 35.5 Å². The molecule has 0 aliphatic carbocycles. The number of ether oxygens (including phenoxy) is 1. The van der Waals surface area contributed by atoms with Crippen molar-refractivity contribution in [2.45, 2.75) is 25.6 Å². The molecule has 0 unspecified atom stereocenters. The number of halogens is 2. The Balaban J connectivity index is 1.40. The molecular weight excluding hydrogens is 471 g/mol. The SMILES string of the molecule is CC(=O)c1cn(CC(=O)N2CCS[C@@H]2OC(=O)NCc2cccc(Cl)c2F)c2ncccc12. The molecule has 2 amide bonds. The van der Waals surface area contributed by atoms with Crippen molar-refractivity contribution in [3.05, 3.63) is 64.7 Å². The fraction of sp³-hybridized carbons (Fsp3) is 0.273. The summed E-state index contributed by atoms with van der Waals surface area (Å²) in [4.78, 5) is 43.0. The van der Waals surface area contributed by atoms with Gasteiger partial charge in [-0.05, 0) is 25.1 Å². The van der Waals surface area contributed by atoms with Crippen LogP contribution in [0.3, 0.4) is 0 Å². The molecule has 1 atom stereocenters. The molecule has 1 aromatic carbocycles. The molecule has 33 heavy (non-hydrogen) atoms. The molecule has 1 fully saturated rings. The van der Waals surface area contributed by atoms with Gasteiger partial charge in [0.2, 0.25) is 11.5 Å². The topological polar surface area (TPSA) is 93.5 Å². The molecule has 11 heteroatoms. The number of pyridine rings is 1. The first-order valence-electron chi connectivity index (χ1n) is 10.1. The average Bonchev–Trinajstić information content (AvgIpc) is 3.40. The van der Waals surface area contributed by atoms with E-state index in [1.165, 1.54) is 35.7 Å². The Bertz CT molecular complexity index is 1230. The molecule has 8 nitrogen and oxygen atoms in total. The predicted octanol–water partition coefficient (Wildman–Crippen LogP) is 3.82. The number of benzene rings is 1. The van der Waals surface area contributed by atoms with Gasteiger partial charge in [-0.25, -0.2) is 14.2 Å². The number of rotatable bonds is 6. The standard InChI is InChI=1S/C22H20ClFN4O4S/c1-13(29)16-11-27(20-15(16)5-3-7-25-20)12-18(30)28-8-9-33-22(28)32-21(31)26-10-14-4-2-6-17(23)19(14)24/h2-7,11,22H,8-10,12H2,1H3,(H,26,31)/t22-/m0/s1. The normalized spacial score (nSPS) is 15.6. The lowest BCUT2D eigenvalue weighted by atomic mass is 10.2. The molecule has 0 spiro atoms. The van der Waals surface area contributed by atoms with Crippen LogP contribution in [0.1, 0.15) is 22.8 Å². The zero-order valence-corrected chi connectivity index (χ0v) is 19.2. The van der Waals surface area contributed by atoms with E-state index in [0.29, 0.717) is 28.9 Å². The number of thioether (sulfide) groups is 1. The van der Waals surface area contributed by atoms with Crippen LogP contribution < -0.4 is 5.32 Å². The second-order valence-electron chi connectivity index (χ2n) is 7.34. The van der Waals surface area contributed by atoms with E-state index in [9.17, 15) is 18.8 Å². The minimum atomic E-state index is -0.816. The smallest absolute Gasteiger partial charge is 0.409 e. The van der Waals surface area contributed by atoms with E-state index < -0.39 is 17.5 Å². The monoisotopic (exact) mass is 490 g/mol. The third-order valence-electron chi connectivity index (χ3n) is 5.15. The minimum absolute atomic E-state index is 0.0363. The van der Waals surface area contributed by atoms with Gasteiger partial charge >= 0.3 is 6.09 Å². The first-order chi connectivity index (χ1) is 15.8. The number of alkyl carbamates (subject to hydrolysis) is 1. The third-order valence-corrected chi connectivity index (χ3v) is 6.49. The van der Waals surface area contributed by atoms with Crippen molar-refractivity contribution in [2.75, 3.05) is 12.3 Å². The summed E-state index contributed by atoms with van der Waals surface area (Å²) in [6, 6.07) is 8.02. The van der Waals surface area contributed by atoms with Gasteiger partial charge in [0.15, 0.2) is 5.78 Å². The lowest BCUT2D eigenvalue weighted by Gasteiger charge is -2.24. The molecule has 4 rings (SSSR count). The highest BCUT2D eigenvalue weighted by molar-refractivity contribution is 8.00. The van der Waals surface area contributed by atoms with E-state index in [2.05, 4.69) is 10.3 Å². The molecule has 1 N–H and O–H groups in total. The van der Waals surface area contributed by atoms with Gasteiger partial charge in [-0.3, -0.25) is 14.5 Å². The first-order valence-corrected chi connectivity index (χ1v) is 11.5. The van der Waals surface area contributed by atoms with Crippen molar-refractivity contribution in [3.8, 4) is 0 Å². The summed E-state index contributed by atoms with van der Waals surface area (Å²) in [5.41, 5.74) is 0.423. The lowest BCUT2D eigenvalue weighted by molar-refractivity contribution is -0.136. The van der Waals surface area contributed by atoms with Gasteiger partial charge < -0.3 is 14.6 Å². The van der Waals surface area contributed by atoms with Crippen molar-refractivity contribution in [1.29, 1.82) is 0 Å². The maximum absolute atomic E-state index is 14.0. The van der Waals surface area contributed by atoms with Crippen LogP contribution in [0.5, 0.6) is 0 Å². The molecule has 1 aliphatic heterocycles. The Morgan fingerprint density at radius 2 is 2.12 bits per heavy atom. The minimum Gasteiger partial charge on any atom is -0.416 e. The second-order valence-corrected chi connectivity index (χ2v) is 8.89. The van der Waals surface area contributed by atoms with Crippen LogP contribution in [0.15, 0.2) is 42.7 Å². The highest BCUT2D eigenvalue weighted by Crippen LogP contribution is 2.26. The van der Waals surface area contributed by atoms with Crippen LogP contribution in [-0.4, -0.2) is 50.1 Å². The average molecular weight is 491 g/mol. The number of nitrogens with one attached hydrogen (secondary N) is 1. The molecule has 3 aromatic rings. The zero-order chi connectivity index (χ0) is 23.5. The Kier molecular flexibility index (Phi) is 6.85. The second kappa shape index (κ2) is 9.80. The number of hydrogen-bond acceptors (Lipinski definition) is 6. The molecule has 3 heterocycles. The highest BCUT2D eigenvalue weighted by Gasteiger charge is 2.33. The van der Waals surface area contributed by atoms with Gasteiger partial charge in [0.05, 0.1) is 5.02 Å². The zero-order valence-electron chi connectivity index (χ0n) is 17.6. The van der Waals surface area contributed by atoms with Gasteiger partial charge in [0.1, 0.15) is 18.0 Å². The van der Waals surface area contributed by atoms with E-state index in [-0.39, 0.29) is 35.4 Å². The van der Waals surface area contributed by atoms with Crippen LogP contribution >= 0.6 is 23.4 Å². The Labute approximate surface area is 198 Å². The quantitative estimate of drug-likeness (QED) is 0.528. The van der Waals surface area contributed by atoms with E-state index >= 15 is 0 Å². The fourth-order valence-electron chi connectivity index (χ4n) is 3.53. The maximum atomic E-state index is 14.0. The summed E-state index contributed by atoms with van der Waals surface area (Å²) in [6.45, 7) is 1.70. The van der Waals surface area contributed by atoms with Gasteiger partial charge in [-0.2, -0.15) is 0 Å². The van der Waals surface area contributed by atoms with E-state index in [4.69, 9.17) is 16.3 Å². The van der Waals surface area contributed by atoms with Crippen molar-refractivity contribution in [2.24, 2.45) is 0 Å². The Morgan fingerprint density at radius 1 is 1.30 bits per heavy atom. The number of amides is 2. The largest absolute Gasteiger partial charge is 0.416 e. The van der Waals surface area contributed by atoms with Crippen molar-refractivity contribution in [1.82, 2.24) is 19.8 Å². The van der Waals surface area contributed by atoms with Crippen LogP contribution in [0.2, 0.25) is 5.02 Å². The fourth-order valence-corrected chi connectivity index (χ4v) is 4.79. The number of fused-ring (bicyclic) bond motifs is 1. The first kappa shape index (κ1) is 23.1. The molecule has 0 saturated carbocycles. The molecule has 172 valence electrons. The van der Waals surface area contributed by atoms with Crippen LogP contribution in [0.25, 0.3) is 11.0 Å². The summed E-state index contributed by atoms with van der Waals surface area (Å²) >= 11 is 7.06. The van der Waals surface area contributed by atoms with Crippen molar-refractivity contribution in [3.63, 3.8) is 0 Å². The molecular formula is C22H20ClFN4O4S. The van der Waals surface area contributed by atoms with Gasteiger partial charge in [-0.15, -0.1) is 0 Å². The third kappa shape index (κ3) is 4.96. The number of hydrogen-bond donors (Lipinski definition) is 1. The number of nitrogens with zero attached hydrogens (tertiary/aromatic N) is 3. The maximum Gasteiger partial charge on any atom is 0.409 e. The van der Waals surface area contributed by atoms with Gasteiger partial charge in [0, 0.05) is 47.7 Å². The summed E-state index contributed by atoms with van der Waals surface area (Å²) in [5, 5.41) is 3.12. The predicted molar refractivity (Wildman–Crippen MR) is 122 cm³/mol. The van der Waals surface area contributed by atoms with Crippen molar-refractivity contribution < 1.29 is 23.5 Å². The van der Waals surface area contributed by atoms with Crippen LogP contribution in [0, 0.1) is 5.82 Å². The van der Waals surface area contributed by atoms with Crippen LogP contribution in [0.4, 0.5) is 9.18 Å². The number of carbonyl (C=O) groups is 3. The molecule has 1 saturated heterocycles. The van der Waals surface area contributed by atoms with Gasteiger partial charge in [0.25, 0.3) is 0 Å². The number of carbonyl (C=O) groups excluding carboxylic acids is 3. The molecule has 1 aliphatic rings. The van der Waals surface area contributed by atoms with E-state index in [0.717, 1.165) is 0 Å². The van der Waals surface area contributed by atoms with E-state index in [1.54, 1.807) is 35.2 Å². The highest BCUT2D eigenvalue weighted by atomic mass is 35.5. The summed E-state index contributed by atoms with van der Waals surface area (Å²) < 4.78 is 21.0. The van der Waals surface area contributed by atoms with E-state index in [1.807, 2.05) is 0 Å². The summed E-state index contributed by atoms with van der Waals surface area (Å²) in [5.74, 6) is -0.416. The Morgan fingerprint density at radius 3 is 2.91 bits per heavy atom. The summed E-state index contributed by atoms with van der Waals surface area (Å²) in [7, 11) is 0. The Hall–Kier alpha value is -3.11. The number of ketones is 1. The molecule has 2 aromatic heterocycles. The molecule has 0 bridgehead atoms. The lowest BCUT2D eigenvalue weighted by Crippen LogP contribution is -2.41. The van der Waals surface area contributed by atoms with Crippen LogP contribution in [-0.2, 0) is 22.6 Å². The number of Topliss-reactive ketones (excluding diaryl/α,β-unsaturated/α-hetero) is 1.